The summed E-state index contributed by atoms with van der Waals surface area (Å²) in [5.74, 6) is -2.36. The van der Waals surface area contributed by atoms with E-state index in [1.54, 1.807) is 47.6 Å². The van der Waals surface area contributed by atoms with Gasteiger partial charge in [0.2, 0.25) is 6.10 Å². The molecule has 1 aromatic carbocycles. The molecule has 47 heavy (non-hydrogen) atoms. The largest absolute Gasteiger partial charge is 0.509 e. The van der Waals surface area contributed by atoms with E-state index in [0.29, 0.717) is 30.7 Å². The molecule has 0 aromatic heterocycles. The average molecular weight is 660 g/mol. The van der Waals surface area contributed by atoms with Crippen LogP contribution in [0.25, 0.3) is 0 Å². The molecule has 1 fully saturated rings. The summed E-state index contributed by atoms with van der Waals surface area (Å²) in [5.41, 5.74) is -1.60. The van der Waals surface area contributed by atoms with Crippen LogP contribution in [0.1, 0.15) is 84.4 Å². The van der Waals surface area contributed by atoms with E-state index in [1.807, 2.05) is 19.2 Å². The van der Waals surface area contributed by atoms with Crippen molar-refractivity contribution in [3.8, 4) is 5.75 Å². The number of hydrogen-bond acceptors (Lipinski definition) is 13. The fraction of sp³-hybridized carbons (Fsp3) is 0.647. The molecule has 2 aliphatic carbocycles. The molecule has 0 radical (unpaired) electrons. The zero-order valence-electron chi connectivity index (χ0n) is 28.2. The van der Waals surface area contributed by atoms with Crippen molar-refractivity contribution in [2.75, 3.05) is 13.6 Å². The maximum atomic E-state index is 13.5. The van der Waals surface area contributed by atoms with Gasteiger partial charge in [-0.1, -0.05) is 12.1 Å². The smallest absolute Gasteiger partial charge is 0.481 e. The fourth-order valence-electron chi connectivity index (χ4n) is 7.20. The predicted molar refractivity (Wildman–Crippen MR) is 164 cm³/mol. The zero-order valence-corrected chi connectivity index (χ0v) is 28.2. The summed E-state index contributed by atoms with van der Waals surface area (Å²) in [6, 6.07) is 3.56. The Kier molecular flexibility index (Phi) is 8.91. The van der Waals surface area contributed by atoms with E-state index in [-0.39, 0.29) is 24.8 Å². The van der Waals surface area contributed by atoms with Gasteiger partial charge in [-0.3, -0.25) is 4.79 Å². The van der Waals surface area contributed by atoms with Crippen molar-refractivity contribution in [3.63, 3.8) is 0 Å². The van der Waals surface area contributed by atoms with Gasteiger partial charge in [-0.25, -0.2) is 14.4 Å². The second-order valence-corrected chi connectivity index (χ2v) is 14.8. The van der Waals surface area contributed by atoms with Crippen molar-refractivity contribution in [1.82, 2.24) is 4.90 Å². The lowest BCUT2D eigenvalue weighted by Crippen LogP contribution is -2.74. The third-order valence-electron chi connectivity index (χ3n) is 9.13. The molecule has 6 atom stereocenters. The Morgan fingerprint density at radius 1 is 1.04 bits per heavy atom. The zero-order chi connectivity index (χ0) is 34.7. The molecule has 13 heteroatoms. The van der Waals surface area contributed by atoms with Gasteiger partial charge < -0.3 is 43.5 Å². The fourth-order valence-corrected chi connectivity index (χ4v) is 7.20. The minimum Gasteiger partial charge on any atom is -0.481 e. The van der Waals surface area contributed by atoms with Crippen LogP contribution in [0.3, 0.4) is 0 Å². The third-order valence-corrected chi connectivity index (χ3v) is 9.13. The van der Waals surface area contributed by atoms with Crippen LogP contribution in [-0.4, -0.2) is 93.9 Å². The van der Waals surface area contributed by atoms with Gasteiger partial charge in [-0.2, -0.15) is 0 Å². The van der Waals surface area contributed by atoms with Crippen molar-refractivity contribution in [2.24, 2.45) is 0 Å². The highest BCUT2D eigenvalue weighted by molar-refractivity contribution is 5.86. The van der Waals surface area contributed by atoms with Gasteiger partial charge in [0, 0.05) is 23.6 Å². The van der Waals surface area contributed by atoms with Crippen LogP contribution in [0, 0.1) is 0 Å². The van der Waals surface area contributed by atoms with Gasteiger partial charge in [-0.15, -0.1) is 0 Å². The van der Waals surface area contributed by atoms with Gasteiger partial charge >= 0.3 is 24.1 Å². The van der Waals surface area contributed by atoms with Crippen molar-refractivity contribution in [1.29, 1.82) is 0 Å². The molecular formula is C34H45NO12. The quantitative estimate of drug-likeness (QED) is 0.309. The molecule has 2 heterocycles. The summed E-state index contributed by atoms with van der Waals surface area (Å²) < 4.78 is 33.2. The summed E-state index contributed by atoms with van der Waals surface area (Å²) in [6.07, 6.45) is -2.98. The number of aliphatic hydroxyl groups is 2. The van der Waals surface area contributed by atoms with E-state index in [1.165, 1.54) is 6.92 Å². The number of nitrogens with zero attached hydrogens (tertiary/aromatic N) is 1. The molecule has 258 valence electrons. The predicted octanol–water partition coefficient (Wildman–Crippen LogP) is 2.98. The van der Waals surface area contributed by atoms with Crippen molar-refractivity contribution in [3.05, 3.63) is 40.7 Å². The SMILES string of the molecule is C[C@H](OC(=O)OC(C)(C)C)C(=O)O[C@@H](CC(=O)OC1=CC[C@@]2(O)[C@H]3Cc4ccc(CO)c5c4[C@@]2(CCN3C)[C@H]1O5)C(=O)OC(C)(C)C. The van der Waals surface area contributed by atoms with Crippen LogP contribution in [0.5, 0.6) is 5.75 Å². The Morgan fingerprint density at radius 2 is 1.72 bits per heavy atom. The van der Waals surface area contributed by atoms with Crippen molar-refractivity contribution < 1.29 is 57.8 Å². The van der Waals surface area contributed by atoms with E-state index in [0.717, 1.165) is 11.1 Å². The number of benzene rings is 1. The lowest BCUT2D eigenvalue weighted by atomic mass is 9.50. The van der Waals surface area contributed by atoms with Crippen LogP contribution in [0.15, 0.2) is 24.0 Å². The average Bonchev–Trinajstić information content (AvgIpc) is 3.30. The van der Waals surface area contributed by atoms with Crippen LogP contribution >= 0.6 is 0 Å². The number of carbonyl (C=O) groups is 4. The van der Waals surface area contributed by atoms with Gasteiger partial charge in [0.15, 0.2) is 12.2 Å². The topological polar surface area (TPSA) is 167 Å². The first-order chi connectivity index (χ1) is 21.8. The highest BCUT2D eigenvalue weighted by atomic mass is 16.7. The highest BCUT2D eigenvalue weighted by Gasteiger charge is 2.72. The molecule has 1 spiro atoms. The Labute approximate surface area is 274 Å². The first-order valence-corrected chi connectivity index (χ1v) is 15.9. The molecule has 1 aromatic rings. The van der Waals surface area contributed by atoms with Crippen molar-refractivity contribution in [2.45, 2.75) is 127 Å². The number of ether oxygens (including phenoxy) is 6. The maximum Gasteiger partial charge on any atom is 0.509 e. The molecule has 2 aliphatic heterocycles. The normalized spacial score (nSPS) is 27.3. The highest BCUT2D eigenvalue weighted by Crippen LogP contribution is 2.64. The Hall–Kier alpha value is -3.68. The number of likely N-dealkylation sites (tertiary alicyclic amines) is 1. The van der Waals surface area contributed by atoms with E-state index in [2.05, 4.69) is 4.90 Å². The van der Waals surface area contributed by atoms with E-state index >= 15 is 0 Å². The molecule has 4 aliphatic rings. The molecular weight excluding hydrogens is 614 g/mol. The number of aliphatic hydroxyl groups excluding tert-OH is 1. The van der Waals surface area contributed by atoms with E-state index in [9.17, 15) is 29.4 Å². The molecule has 13 nitrogen and oxygen atoms in total. The first kappa shape index (κ1) is 34.6. The molecule has 0 unspecified atom stereocenters. The molecule has 2 N–H and O–H groups in total. The number of carbonyl (C=O) groups excluding carboxylic acids is 4. The van der Waals surface area contributed by atoms with Gasteiger partial charge in [0.05, 0.1) is 24.0 Å². The third kappa shape index (κ3) is 6.32. The molecule has 5 rings (SSSR count). The summed E-state index contributed by atoms with van der Waals surface area (Å²) >= 11 is 0. The monoisotopic (exact) mass is 659 g/mol. The van der Waals surface area contributed by atoms with Gasteiger partial charge in [-0.05, 0) is 86.5 Å². The minimum absolute atomic E-state index is 0.159. The summed E-state index contributed by atoms with van der Waals surface area (Å²) in [4.78, 5) is 53.7. The number of rotatable bonds is 8. The molecule has 1 saturated heterocycles. The van der Waals surface area contributed by atoms with Crippen molar-refractivity contribution >= 4 is 24.1 Å². The van der Waals surface area contributed by atoms with E-state index < -0.39 is 71.0 Å². The summed E-state index contributed by atoms with van der Waals surface area (Å²) in [6.45, 7) is 11.4. The molecule has 0 saturated carbocycles. The minimum atomic E-state index is -1.73. The standard InChI is InChI=1S/C34H45NO12/c1-18(42-30(40)47-32(5,6)7)28(38)44-22(29(39)46-31(2,3)4)16-24(37)43-21-11-12-34(41)23-15-19-9-10-20(17-36)26-25(19)33(34,27(21)45-26)13-14-35(23)8/h9-11,18,22-23,27,36,41H,12-17H2,1-8H3/t18-,22-,23+,27-,33-,34+/m0/s1. The van der Waals surface area contributed by atoms with Gasteiger partial charge in [0.25, 0.3) is 0 Å². The number of hydrogen-bond donors (Lipinski definition) is 2. The first-order valence-electron chi connectivity index (χ1n) is 15.9. The summed E-state index contributed by atoms with van der Waals surface area (Å²) in [7, 11) is 1.98. The Bertz CT molecular complexity index is 1490. The molecule has 0 amide bonds. The number of likely N-dealkylation sites (N-methyl/N-ethyl adjacent to an activating group) is 1. The number of piperidine rings is 1. The summed E-state index contributed by atoms with van der Waals surface area (Å²) in [5, 5.41) is 22.5. The number of esters is 3. The molecule has 2 bridgehead atoms. The maximum absolute atomic E-state index is 13.5. The van der Waals surface area contributed by atoms with Crippen LogP contribution < -0.4 is 4.74 Å². The van der Waals surface area contributed by atoms with Crippen LogP contribution in [0.2, 0.25) is 0 Å². The van der Waals surface area contributed by atoms with Crippen LogP contribution in [-0.2, 0) is 56.5 Å². The van der Waals surface area contributed by atoms with Crippen LogP contribution in [0.4, 0.5) is 4.79 Å². The van der Waals surface area contributed by atoms with Gasteiger partial charge in [0.1, 0.15) is 22.7 Å². The van der Waals surface area contributed by atoms with E-state index in [4.69, 9.17) is 28.4 Å². The second kappa shape index (κ2) is 12.1. The lowest BCUT2D eigenvalue weighted by Gasteiger charge is -2.61. The second-order valence-electron chi connectivity index (χ2n) is 14.8. The lowest BCUT2D eigenvalue weighted by molar-refractivity contribution is -0.183. The Balaban J connectivity index is 1.37. The Morgan fingerprint density at radius 3 is 2.36 bits per heavy atom.